The zero-order valence-corrected chi connectivity index (χ0v) is 9.76. The van der Waals surface area contributed by atoms with Crippen molar-refractivity contribution in [2.24, 2.45) is 5.14 Å². The van der Waals surface area contributed by atoms with Crippen LogP contribution >= 0.6 is 0 Å². The normalized spacial score (nSPS) is 12.3. The van der Waals surface area contributed by atoms with Crippen LogP contribution in [0.15, 0.2) is 0 Å². The molecular formula is C7H16N2O5S. The molecule has 0 aliphatic heterocycles. The minimum absolute atomic E-state index is 0.00530. The van der Waals surface area contributed by atoms with Crippen molar-refractivity contribution >= 4 is 16.4 Å². The summed E-state index contributed by atoms with van der Waals surface area (Å²) in [4.78, 5) is 11.0. The predicted octanol–water partition coefficient (Wildman–Crippen LogP) is -0.269. The van der Waals surface area contributed by atoms with Crippen LogP contribution in [0.1, 0.15) is 20.8 Å². The highest BCUT2D eigenvalue weighted by Gasteiger charge is 2.15. The molecule has 0 aromatic carbocycles. The molecule has 0 atom stereocenters. The summed E-state index contributed by atoms with van der Waals surface area (Å²) in [6.07, 6.45) is -0.638. The van der Waals surface area contributed by atoms with Gasteiger partial charge in [0.05, 0.1) is 6.61 Å². The highest BCUT2D eigenvalue weighted by molar-refractivity contribution is 7.84. The number of nitrogens with one attached hydrogen (secondary N) is 1. The van der Waals surface area contributed by atoms with Gasteiger partial charge < -0.3 is 10.1 Å². The van der Waals surface area contributed by atoms with Gasteiger partial charge in [0, 0.05) is 6.54 Å². The third kappa shape index (κ3) is 11.1. The van der Waals surface area contributed by atoms with E-state index in [-0.39, 0.29) is 13.2 Å². The Kier molecular flexibility index (Phi) is 4.98. The van der Waals surface area contributed by atoms with Crippen LogP contribution in [0.3, 0.4) is 0 Å². The lowest BCUT2D eigenvalue weighted by atomic mass is 10.2. The van der Waals surface area contributed by atoms with Gasteiger partial charge in [-0.3, -0.25) is 4.18 Å². The molecule has 90 valence electrons. The van der Waals surface area contributed by atoms with Crippen LogP contribution in [-0.2, 0) is 19.2 Å². The van der Waals surface area contributed by atoms with Crippen molar-refractivity contribution in [1.29, 1.82) is 0 Å². The molecule has 0 rings (SSSR count). The van der Waals surface area contributed by atoms with Crippen LogP contribution < -0.4 is 10.5 Å². The fraction of sp³-hybridized carbons (Fsp3) is 0.857. The zero-order valence-electron chi connectivity index (χ0n) is 8.94. The summed E-state index contributed by atoms with van der Waals surface area (Å²) in [6, 6.07) is 0. The SMILES string of the molecule is CC(C)(C)OC(=O)NCCOS(N)(=O)=O. The van der Waals surface area contributed by atoms with Crippen LogP contribution in [0, 0.1) is 0 Å². The fourth-order valence-corrected chi connectivity index (χ4v) is 0.941. The topological polar surface area (TPSA) is 108 Å². The van der Waals surface area contributed by atoms with Gasteiger partial charge in [-0.2, -0.15) is 8.42 Å². The number of carbonyl (C=O) groups is 1. The second kappa shape index (κ2) is 5.29. The lowest BCUT2D eigenvalue weighted by molar-refractivity contribution is 0.0520. The molecule has 0 saturated carbocycles. The highest BCUT2D eigenvalue weighted by Crippen LogP contribution is 2.05. The van der Waals surface area contributed by atoms with Crippen molar-refractivity contribution < 1.29 is 22.1 Å². The molecule has 0 aromatic rings. The summed E-state index contributed by atoms with van der Waals surface area (Å²) in [5.41, 5.74) is -0.592. The van der Waals surface area contributed by atoms with Crippen molar-refractivity contribution in [3.63, 3.8) is 0 Å². The van der Waals surface area contributed by atoms with Crippen molar-refractivity contribution in [3.05, 3.63) is 0 Å². The van der Waals surface area contributed by atoms with Gasteiger partial charge in [-0.15, -0.1) is 0 Å². The Labute approximate surface area is 89.2 Å². The maximum absolute atomic E-state index is 11.0. The van der Waals surface area contributed by atoms with Gasteiger partial charge in [0.15, 0.2) is 0 Å². The van der Waals surface area contributed by atoms with Gasteiger partial charge in [0.25, 0.3) is 0 Å². The standard InChI is InChI=1S/C7H16N2O5S/c1-7(2,3)14-6(10)9-4-5-13-15(8,11)12/h4-5H2,1-3H3,(H,9,10)(H2,8,11,12). The first-order valence-electron chi connectivity index (χ1n) is 4.24. The van der Waals surface area contributed by atoms with Gasteiger partial charge in [0.1, 0.15) is 5.60 Å². The third-order valence-electron chi connectivity index (χ3n) is 1.02. The molecule has 0 unspecified atom stereocenters. The second-order valence-electron chi connectivity index (χ2n) is 3.74. The molecule has 1 amide bonds. The average Bonchev–Trinajstić information content (AvgIpc) is 1.92. The number of hydrogen-bond acceptors (Lipinski definition) is 5. The first kappa shape index (κ1) is 14.1. The molecule has 0 aromatic heterocycles. The predicted molar refractivity (Wildman–Crippen MR) is 53.3 cm³/mol. The summed E-state index contributed by atoms with van der Waals surface area (Å²) in [6.45, 7) is 4.93. The molecule has 8 heteroatoms. The van der Waals surface area contributed by atoms with E-state index in [0.29, 0.717) is 0 Å². The number of ether oxygens (including phenoxy) is 1. The van der Waals surface area contributed by atoms with Crippen molar-refractivity contribution in [3.8, 4) is 0 Å². The van der Waals surface area contributed by atoms with E-state index in [0.717, 1.165) is 0 Å². The molecule has 0 fully saturated rings. The Balaban J connectivity index is 3.66. The van der Waals surface area contributed by atoms with Crippen LogP contribution in [0.2, 0.25) is 0 Å². The Morgan fingerprint density at radius 3 is 2.33 bits per heavy atom. The van der Waals surface area contributed by atoms with Gasteiger partial charge >= 0.3 is 16.4 Å². The smallest absolute Gasteiger partial charge is 0.407 e. The van der Waals surface area contributed by atoms with Crippen LogP contribution in [-0.4, -0.2) is 33.3 Å². The van der Waals surface area contributed by atoms with Crippen molar-refractivity contribution in [1.82, 2.24) is 5.32 Å². The summed E-state index contributed by atoms with van der Waals surface area (Å²) < 4.78 is 29.7. The van der Waals surface area contributed by atoms with E-state index in [1.54, 1.807) is 20.8 Å². The lowest BCUT2D eigenvalue weighted by Gasteiger charge is -2.19. The van der Waals surface area contributed by atoms with E-state index in [4.69, 9.17) is 4.74 Å². The maximum Gasteiger partial charge on any atom is 0.407 e. The van der Waals surface area contributed by atoms with E-state index in [1.165, 1.54) is 0 Å². The van der Waals surface area contributed by atoms with Crippen LogP contribution in [0.25, 0.3) is 0 Å². The third-order valence-corrected chi connectivity index (χ3v) is 1.51. The number of amides is 1. The maximum atomic E-state index is 11.0. The van der Waals surface area contributed by atoms with E-state index in [1.807, 2.05) is 0 Å². The number of carbonyl (C=O) groups excluding carboxylic acids is 1. The Morgan fingerprint density at radius 2 is 1.93 bits per heavy atom. The summed E-state index contributed by atoms with van der Waals surface area (Å²) >= 11 is 0. The molecule has 0 aliphatic carbocycles. The first-order valence-corrected chi connectivity index (χ1v) is 5.71. The van der Waals surface area contributed by atoms with Crippen LogP contribution in [0.5, 0.6) is 0 Å². The Bertz CT molecular complexity index is 306. The lowest BCUT2D eigenvalue weighted by Crippen LogP contribution is -2.35. The Morgan fingerprint density at radius 1 is 1.40 bits per heavy atom. The van der Waals surface area contributed by atoms with E-state index >= 15 is 0 Å². The van der Waals surface area contributed by atoms with Gasteiger partial charge in [-0.25, -0.2) is 9.93 Å². The molecule has 0 radical (unpaired) electrons. The largest absolute Gasteiger partial charge is 0.444 e. The Hall–Kier alpha value is -0.860. The molecule has 0 saturated heterocycles. The number of rotatable bonds is 4. The van der Waals surface area contributed by atoms with Crippen molar-refractivity contribution in [2.75, 3.05) is 13.2 Å². The minimum atomic E-state index is -3.95. The number of hydrogen-bond donors (Lipinski definition) is 2. The van der Waals surface area contributed by atoms with E-state index in [9.17, 15) is 13.2 Å². The number of alkyl carbamates (subject to hydrolysis) is 1. The van der Waals surface area contributed by atoms with Crippen molar-refractivity contribution in [2.45, 2.75) is 26.4 Å². The molecule has 0 bridgehead atoms. The average molecular weight is 240 g/mol. The molecule has 3 N–H and O–H groups in total. The summed E-state index contributed by atoms with van der Waals surface area (Å²) in [5.74, 6) is 0. The van der Waals surface area contributed by atoms with Gasteiger partial charge in [-0.05, 0) is 20.8 Å². The molecule has 7 nitrogen and oxygen atoms in total. The minimum Gasteiger partial charge on any atom is -0.444 e. The van der Waals surface area contributed by atoms with Gasteiger partial charge in [-0.1, -0.05) is 0 Å². The highest BCUT2D eigenvalue weighted by atomic mass is 32.2. The summed E-state index contributed by atoms with van der Waals surface area (Å²) in [5, 5.41) is 6.87. The van der Waals surface area contributed by atoms with E-state index in [2.05, 4.69) is 14.6 Å². The molecule has 0 aliphatic rings. The first-order chi connectivity index (χ1) is 6.60. The van der Waals surface area contributed by atoms with Crippen LogP contribution in [0.4, 0.5) is 4.79 Å². The molecule has 15 heavy (non-hydrogen) atoms. The second-order valence-corrected chi connectivity index (χ2v) is 4.96. The quantitative estimate of drug-likeness (QED) is 0.658. The monoisotopic (exact) mass is 240 g/mol. The number of nitrogens with two attached hydrogens (primary N) is 1. The van der Waals surface area contributed by atoms with E-state index < -0.39 is 22.0 Å². The van der Waals surface area contributed by atoms with Gasteiger partial charge in [0.2, 0.25) is 0 Å². The fourth-order valence-electron chi connectivity index (χ4n) is 0.625. The molecular weight excluding hydrogens is 224 g/mol. The zero-order chi connectivity index (χ0) is 12.1. The summed E-state index contributed by atoms with van der Waals surface area (Å²) in [7, 11) is -3.95. The molecule has 0 heterocycles. The molecule has 0 spiro atoms.